The molecule has 2 saturated heterocycles. The molecule has 0 radical (unpaired) electrons. The Bertz CT molecular complexity index is 1170. The highest BCUT2D eigenvalue weighted by molar-refractivity contribution is 5.86. The molecule has 4 aromatic rings. The van der Waals surface area contributed by atoms with Crippen molar-refractivity contribution >= 4 is 22.4 Å². The zero-order valence-electron chi connectivity index (χ0n) is 15.8. The number of rotatable bonds is 3. The minimum absolute atomic E-state index is 0.342. The van der Waals surface area contributed by atoms with Gasteiger partial charge >= 0.3 is 0 Å². The van der Waals surface area contributed by atoms with Crippen molar-refractivity contribution in [3.05, 3.63) is 42.2 Å². The van der Waals surface area contributed by atoms with Gasteiger partial charge in [-0.3, -0.25) is 5.10 Å². The molecule has 6 rings (SSSR count). The molecule has 2 aliphatic heterocycles. The predicted molar refractivity (Wildman–Crippen MR) is 108 cm³/mol. The summed E-state index contributed by atoms with van der Waals surface area (Å²) in [5.74, 6) is 0.991. The summed E-state index contributed by atoms with van der Waals surface area (Å²) in [6, 6.07) is 10.5. The van der Waals surface area contributed by atoms with Gasteiger partial charge in [0.1, 0.15) is 5.82 Å². The molecule has 28 heavy (non-hydrogen) atoms. The van der Waals surface area contributed by atoms with Gasteiger partial charge in [-0.1, -0.05) is 13.0 Å². The first-order valence-corrected chi connectivity index (χ1v) is 10.0. The largest absolute Gasteiger partial charge is 0.371 e. The lowest BCUT2D eigenvalue weighted by Crippen LogP contribution is -2.43. The summed E-state index contributed by atoms with van der Waals surface area (Å²) < 4.78 is 7.93. The molecule has 0 saturated carbocycles. The molecule has 142 valence electrons. The first-order valence-electron chi connectivity index (χ1n) is 10.0. The molecule has 5 heterocycles. The van der Waals surface area contributed by atoms with Crippen LogP contribution in [0.4, 0.5) is 5.82 Å². The van der Waals surface area contributed by atoms with Crippen molar-refractivity contribution in [2.75, 3.05) is 18.0 Å². The number of hydrogen-bond donors (Lipinski definition) is 1. The van der Waals surface area contributed by atoms with Gasteiger partial charge in [0, 0.05) is 24.0 Å². The highest BCUT2D eigenvalue weighted by atomic mass is 16.5. The van der Waals surface area contributed by atoms with Crippen LogP contribution in [0.1, 0.15) is 25.5 Å². The van der Waals surface area contributed by atoms with E-state index in [1.54, 1.807) is 0 Å². The van der Waals surface area contributed by atoms with E-state index in [0.717, 1.165) is 71.7 Å². The number of H-pyrrole nitrogens is 1. The van der Waals surface area contributed by atoms with E-state index < -0.39 is 0 Å². The Morgan fingerprint density at radius 2 is 2.00 bits per heavy atom. The number of anilines is 1. The number of ether oxygens (including phenoxy) is 1. The van der Waals surface area contributed by atoms with Crippen molar-refractivity contribution in [1.82, 2.24) is 24.8 Å². The molecule has 2 atom stereocenters. The Kier molecular flexibility index (Phi) is 3.46. The van der Waals surface area contributed by atoms with Gasteiger partial charge in [0.15, 0.2) is 5.65 Å². The van der Waals surface area contributed by atoms with Gasteiger partial charge in [0.25, 0.3) is 0 Å². The van der Waals surface area contributed by atoms with E-state index in [2.05, 4.69) is 57.3 Å². The molecule has 2 fully saturated rings. The molecule has 1 N–H and O–H groups in total. The molecule has 2 aliphatic rings. The Balaban J connectivity index is 1.43. The zero-order chi connectivity index (χ0) is 18.7. The normalized spacial score (nSPS) is 21.8. The highest BCUT2D eigenvalue weighted by Gasteiger charge is 2.34. The first-order chi connectivity index (χ1) is 13.8. The predicted octanol–water partition coefficient (Wildman–Crippen LogP) is 3.20. The summed E-state index contributed by atoms with van der Waals surface area (Å²) in [4.78, 5) is 6.92. The molecule has 2 bridgehead atoms. The van der Waals surface area contributed by atoms with Crippen LogP contribution >= 0.6 is 0 Å². The fourth-order valence-corrected chi connectivity index (χ4v) is 4.53. The van der Waals surface area contributed by atoms with Gasteiger partial charge in [-0.2, -0.15) is 5.10 Å². The van der Waals surface area contributed by atoms with Crippen LogP contribution in [-0.2, 0) is 11.2 Å². The van der Waals surface area contributed by atoms with Crippen molar-refractivity contribution < 1.29 is 4.74 Å². The fraction of sp³-hybridized carbons (Fsp3) is 0.381. The van der Waals surface area contributed by atoms with E-state index in [-0.39, 0.29) is 0 Å². The summed E-state index contributed by atoms with van der Waals surface area (Å²) in [5.41, 5.74) is 5.11. The number of fused-ring (bicyclic) bond motifs is 4. The van der Waals surface area contributed by atoms with Gasteiger partial charge in [0.05, 0.1) is 35.3 Å². The van der Waals surface area contributed by atoms with E-state index in [1.165, 1.54) is 0 Å². The number of imidazole rings is 1. The number of aryl methyl sites for hydroxylation is 1. The van der Waals surface area contributed by atoms with Crippen LogP contribution in [0.25, 0.3) is 27.8 Å². The maximum atomic E-state index is 5.97. The van der Waals surface area contributed by atoms with E-state index in [9.17, 15) is 0 Å². The Morgan fingerprint density at radius 3 is 2.82 bits per heavy atom. The molecule has 1 aromatic carbocycles. The third-order valence-electron chi connectivity index (χ3n) is 5.99. The van der Waals surface area contributed by atoms with Gasteiger partial charge in [-0.25, -0.2) is 9.50 Å². The number of morpholine rings is 1. The molecule has 0 amide bonds. The quantitative estimate of drug-likeness (QED) is 0.596. The van der Waals surface area contributed by atoms with Gasteiger partial charge in [-0.15, -0.1) is 5.10 Å². The van der Waals surface area contributed by atoms with E-state index in [0.29, 0.717) is 12.2 Å². The van der Waals surface area contributed by atoms with Crippen LogP contribution in [0.15, 0.2) is 36.5 Å². The summed E-state index contributed by atoms with van der Waals surface area (Å²) in [7, 11) is 0. The molecule has 2 unspecified atom stereocenters. The molecular weight excluding hydrogens is 352 g/mol. The average Bonchev–Trinajstić information content (AvgIpc) is 3.43. The number of aromatic nitrogens is 5. The number of hydrogen-bond acceptors (Lipinski definition) is 5. The number of nitrogens with zero attached hydrogens (tertiary/aromatic N) is 5. The van der Waals surface area contributed by atoms with Crippen LogP contribution in [0.3, 0.4) is 0 Å². The van der Waals surface area contributed by atoms with Crippen LogP contribution in [0, 0.1) is 0 Å². The minimum atomic E-state index is 0.342. The zero-order valence-corrected chi connectivity index (χ0v) is 15.8. The van der Waals surface area contributed by atoms with Crippen LogP contribution in [0.2, 0.25) is 0 Å². The molecule has 0 spiro atoms. The van der Waals surface area contributed by atoms with Gasteiger partial charge in [-0.05, 0) is 43.5 Å². The van der Waals surface area contributed by atoms with Crippen LogP contribution < -0.4 is 4.90 Å². The lowest BCUT2D eigenvalue weighted by molar-refractivity contribution is 0.0301. The number of benzene rings is 1. The number of aromatic amines is 1. The highest BCUT2D eigenvalue weighted by Crippen LogP contribution is 2.30. The van der Waals surface area contributed by atoms with Crippen molar-refractivity contribution in [3.63, 3.8) is 0 Å². The number of nitrogens with one attached hydrogen (secondary N) is 1. The van der Waals surface area contributed by atoms with E-state index in [4.69, 9.17) is 9.84 Å². The minimum Gasteiger partial charge on any atom is -0.371 e. The second-order valence-corrected chi connectivity index (χ2v) is 7.75. The molecule has 3 aromatic heterocycles. The van der Waals surface area contributed by atoms with Crippen molar-refractivity contribution in [2.24, 2.45) is 0 Å². The molecular formula is C21H22N6O. The first kappa shape index (κ1) is 16.1. The fourth-order valence-electron chi connectivity index (χ4n) is 4.53. The van der Waals surface area contributed by atoms with Crippen molar-refractivity contribution in [3.8, 4) is 11.3 Å². The summed E-state index contributed by atoms with van der Waals surface area (Å²) in [6.45, 7) is 3.96. The second kappa shape index (κ2) is 6.04. The van der Waals surface area contributed by atoms with Crippen LogP contribution in [0.5, 0.6) is 0 Å². The molecule has 7 nitrogen and oxygen atoms in total. The lowest BCUT2D eigenvalue weighted by Gasteiger charge is -2.32. The van der Waals surface area contributed by atoms with E-state index >= 15 is 0 Å². The SMILES string of the molecule is CCc1n[nH]c2ccc(-c3cnc4ccc(N5CC6CCC(C5)O6)nn34)cc12. The summed E-state index contributed by atoms with van der Waals surface area (Å²) >= 11 is 0. The lowest BCUT2D eigenvalue weighted by atomic mass is 10.1. The van der Waals surface area contributed by atoms with E-state index in [1.807, 2.05) is 10.7 Å². The average molecular weight is 374 g/mol. The Morgan fingerprint density at radius 1 is 1.14 bits per heavy atom. The Labute approximate surface area is 162 Å². The topological polar surface area (TPSA) is 71.3 Å². The smallest absolute Gasteiger partial charge is 0.154 e. The monoisotopic (exact) mass is 374 g/mol. The Hall–Kier alpha value is -2.93. The summed E-state index contributed by atoms with van der Waals surface area (Å²) in [5, 5.41) is 13.6. The van der Waals surface area contributed by atoms with Gasteiger partial charge < -0.3 is 9.64 Å². The van der Waals surface area contributed by atoms with Crippen molar-refractivity contribution in [1.29, 1.82) is 0 Å². The third-order valence-corrected chi connectivity index (χ3v) is 5.99. The van der Waals surface area contributed by atoms with Crippen LogP contribution in [-0.4, -0.2) is 50.1 Å². The second-order valence-electron chi connectivity index (χ2n) is 7.75. The van der Waals surface area contributed by atoms with Gasteiger partial charge in [0.2, 0.25) is 0 Å². The summed E-state index contributed by atoms with van der Waals surface area (Å²) in [6.07, 6.45) is 5.80. The standard InChI is InChI=1S/C21H22N6O/c1-2-17-16-9-13(3-6-18(16)24-23-17)19-10-22-20-7-8-21(25-27(19)20)26-11-14-4-5-15(12-26)28-14/h3,6-10,14-15H,2,4-5,11-12H2,1H3,(H,23,24). The molecule has 7 heteroatoms. The maximum Gasteiger partial charge on any atom is 0.154 e. The third kappa shape index (κ3) is 2.43. The maximum absolute atomic E-state index is 5.97. The molecule has 0 aliphatic carbocycles. The van der Waals surface area contributed by atoms with Crippen molar-refractivity contribution in [2.45, 2.75) is 38.4 Å².